The minimum Gasteiger partial charge on any atom is -0.379 e. The molecule has 10 heteroatoms. The van der Waals surface area contributed by atoms with E-state index >= 15 is 0 Å². The van der Waals surface area contributed by atoms with Crippen LogP contribution in [-0.2, 0) is 14.8 Å². The number of rotatable bonds is 6. The van der Waals surface area contributed by atoms with Crippen LogP contribution in [0.2, 0.25) is 5.02 Å². The molecule has 1 heterocycles. The van der Waals surface area contributed by atoms with E-state index in [0.717, 1.165) is 11.1 Å². The fourth-order valence-corrected chi connectivity index (χ4v) is 4.65. The quantitative estimate of drug-likeness (QED) is 0.374. The van der Waals surface area contributed by atoms with Crippen molar-refractivity contribution < 1.29 is 13.2 Å². The Morgan fingerprint density at radius 3 is 2.61 bits per heavy atom. The van der Waals surface area contributed by atoms with Gasteiger partial charge >= 0.3 is 0 Å². The molecule has 1 saturated heterocycles. The number of benzene rings is 2. The first-order chi connectivity index (χ1) is 14.9. The number of hydrogen-bond acceptors (Lipinski definition) is 5. The number of morpholine rings is 1. The third-order valence-electron chi connectivity index (χ3n) is 4.42. The summed E-state index contributed by atoms with van der Waals surface area (Å²) >= 11 is 11.5. The van der Waals surface area contributed by atoms with E-state index in [1.807, 2.05) is 43.3 Å². The molecule has 1 aliphatic heterocycles. The Hall–Kier alpha value is -2.30. The number of ether oxygens (including phenoxy) is 1. The van der Waals surface area contributed by atoms with Crippen molar-refractivity contribution in [3.05, 3.63) is 64.7 Å². The summed E-state index contributed by atoms with van der Waals surface area (Å²) in [6.07, 6.45) is 3.63. The molecule has 1 aliphatic rings. The van der Waals surface area contributed by atoms with Crippen molar-refractivity contribution in [3.63, 3.8) is 0 Å². The van der Waals surface area contributed by atoms with Gasteiger partial charge in [0.05, 0.1) is 35.0 Å². The first-order valence-electron chi connectivity index (χ1n) is 9.57. The normalized spacial score (nSPS) is 15.7. The lowest BCUT2D eigenvalue weighted by atomic mass is 10.1. The van der Waals surface area contributed by atoms with E-state index in [1.54, 1.807) is 6.21 Å². The van der Waals surface area contributed by atoms with Crippen LogP contribution >= 0.6 is 23.8 Å². The standard InChI is InChI=1S/C21H23ClN4O3S2/c1-16(13-17-5-3-2-4-6-17)15-23-25-21(30)24-20-14-18(7-8-19(20)22)31(27,28)26-9-11-29-12-10-26/h2-8,13-15H,9-12H2,1H3,(H2,24,25,30)/b16-13+,23-15+. The summed E-state index contributed by atoms with van der Waals surface area (Å²) in [7, 11) is -3.64. The number of sulfonamides is 1. The van der Waals surface area contributed by atoms with Crippen LogP contribution in [0.15, 0.2) is 64.1 Å². The molecule has 1 fully saturated rings. The molecule has 0 amide bonds. The lowest BCUT2D eigenvalue weighted by Crippen LogP contribution is -2.40. The van der Waals surface area contributed by atoms with Crippen molar-refractivity contribution in [2.75, 3.05) is 31.6 Å². The maximum atomic E-state index is 12.9. The summed E-state index contributed by atoms with van der Waals surface area (Å²) in [5.41, 5.74) is 5.08. The number of hydrazone groups is 1. The van der Waals surface area contributed by atoms with Crippen molar-refractivity contribution in [3.8, 4) is 0 Å². The highest BCUT2D eigenvalue weighted by molar-refractivity contribution is 7.89. The summed E-state index contributed by atoms with van der Waals surface area (Å²) in [5.74, 6) is 0. The predicted molar refractivity (Wildman–Crippen MR) is 129 cm³/mol. The summed E-state index contributed by atoms with van der Waals surface area (Å²) < 4.78 is 32.3. The van der Waals surface area contributed by atoms with Crippen LogP contribution < -0.4 is 10.7 Å². The van der Waals surface area contributed by atoms with Crippen molar-refractivity contribution in [1.29, 1.82) is 0 Å². The van der Waals surface area contributed by atoms with E-state index < -0.39 is 10.0 Å². The Bertz CT molecular complexity index is 1080. The van der Waals surface area contributed by atoms with Crippen molar-refractivity contribution >= 4 is 56.9 Å². The van der Waals surface area contributed by atoms with Crippen LogP contribution in [0.4, 0.5) is 5.69 Å². The molecular formula is C21H23ClN4O3S2. The van der Waals surface area contributed by atoms with Gasteiger partial charge < -0.3 is 10.1 Å². The third-order valence-corrected chi connectivity index (χ3v) is 6.84. The first kappa shape index (κ1) is 23.4. The Labute approximate surface area is 192 Å². The van der Waals surface area contributed by atoms with Gasteiger partial charge in [-0.1, -0.05) is 48.0 Å². The second-order valence-electron chi connectivity index (χ2n) is 6.78. The van der Waals surface area contributed by atoms with Crippen molar-refractivity contribution in [1.82, 2.24) is 9.73 Å². The van der Waals surface area contributed by atoms with E-state index in [4.69, 9.17) is 28.6 Å². The lowest BCUT2D eigenvalue weighted by molar-refractivity contribution is 0.0730. The fraction of sp³-hybridized carbons (Fsp3) is 0.238. The molecule has 0 spiro atoms. The molecule has 0 radical (unpaired) electrons. The van der Waals surface area contributed by atoms with Crippen molar-refractivity contribution in [2.45, 2.75) is 11.8 Å². The second kappa shape index (κ2) is 10.8. The fourth-order valence-electron chi connectivity index (χ4n) is 2.89. The molecule has 0 atom stereocenters. The molecule has 7 nitrogen and oxygen atoms in total. The molecule has 0 aliphatic carbocycles. The molecule has 2 N–H and O–H groups in total. The first-order valence-corrected chi connectivity index (χ1v) is 11.8. The number of nitrogens with zero attached hydrogens (tertiary/aromatic N) is 2. The van der Waals surface area contributed by atoms with Crippen LogP contribution in [0.5, 0.6) is 0 Å². The zero-order chi connectivity index (χ0) is 22.3. The molecule has 2 aromatic rings. The van der Waals surface area contributed by atoms with Crippen LogP contribution in [0.25, 0.3) is 6.08 Å². The van der Waals surface area contributed by atoms with Gasteiger partial charge in [0.25, 0.3) is 0 Å². The Morgan fingerprint density at radius 1 is 1.19 bits per heavy atom. The lowest BCUT2D eigenvalue weighted by Gasteiger charge is -2.26. The number of hydrogen-bond donors (Lipinski definition) is 2. The van der Waals surface area contributed by atoms with E-state index in [0.29, 0.717) is 37.0 Å². The Kier molecular flexibility index (Phi) is 8.16. The van der Waals surface area contributed by atoms with E-state index in [-0.39, 0.29) is 10.0 Å². The highest BCUT2D eigenvalue weighted by atomic mass is 35.5. The van der Waals surface area contributed by atoms with Gasteiger partial charge in [-0.25, -0.2) is 8.42 Å². The average Bonchev–Trinajstić information content (AvgIpc) is 2.76. The zero-order valence-corrected chi connectivity index (χ0v) is 19.3. The third kappa shape index (κ3) is 6.59. The highest BCUT2D eigenvalue weighted by Gasteiger charge is 2.26. The summed E-state index contributed by atoms with van der Waals surface area (Å²) in [4.78, 5) is 0.134. The van der Waals surface area contributed by atoms with Crippen LogP contribution in [-0.4, -0.2) is 50.4 Å². The van der Waals surface area contributed by atoms with E-state index in [2.05, 4.69) is 15.8 Å². The maximum Gasteiger partial charge on any atom is 0.243 e. The highest BCUT2D eigenvalue weighted by Crippen LogP contribution is 2.27. The molecule has 0 saturated carbocycles. The van der Waals surface area contributed by atoms with Crippen molar-refractivity contribution in [2.24, 2.45) is 5.10 Å². The van der Waals surface area contributed by atoms with Crippen LogP contribution in [0.1, 0.15) is 12.5 Å². The molecule has 3 rings (SSSR count). The topological polar surface area (TPSA) is 83.0 Å². The molecule has 0 bridgehead atoms. The summed E-state index contributed by atoms with van der Waals surface area (Å²) in [5, 5.41) is 7.53. The SMILES string of the molecule is CC(/C=N/NC(=S)Nc1cc(S(=O)(=O)N2CCOCC2)ccc1Cl)=C\c1ccccc1. The van der Waals surface area contributed by atoms with E-state index in [1.165, 1.54) is 22.5 Å². The van der Waals surface area contributed by atoms with Gasteiger partial charge in [0.1, 0.15) is 0 Å². The molecule has 2 aromatic carbocycles. The molecule has 31 heavy (non-hydrogen) atoms. The minimum absolute atomic E-state index is 0.134. The number of anilines is 1. The maximum absolute atomic E-state index is 12.9. The van der Waals surface area contributed by atoms with Gasteiger partial charge in [-0.2, -0.15) is 9.41 Å². The molecule has 0 aromatic heterocycles. The average molecular weight is 479 g/mol. The molecule has 0 unspecified atom stereocenters. The number of thiocarbonyl (C=S) groups is 1. The van der Waals surface area contributed by atoms with Crippen LogP contribution in [0, 0.1) is 0 Å². The van der Waals surface area contributed by atoms with E-state index in [9.17, 15) is 8.42 Å². The molecule has 164 valence electrons. The van der Waals surface area contributed by atoms with Gasteiger partial charge in [0.2, 0.25) is 10.0 Å². The second-order valence-corrected chi connectivity index (χ2v) is 9.53. The zero-order valence-electron chi connectivity index (χ0n) is 16.9. The van der Waals surface area contributed by atoms with Gasteiger partial charge in [-0.05, 0) is 48.5 Å². The predicted octanol–water partition coefficient (Wildman–Crippen LogP) is 3.74. The minimum atomic E-state index is -3.64. The number of halogens is 1. The van der Waals surface area contributed by atoms with Gasteiger partial charge in [-0.3, -0.25) is 5.43 Å². The Balaban J connectivity index is 1.64. The number of nitrogens with one attached hydrogen (secondary N) is 2. The number of allylic oxidation sites excluding steroid dienone is 1. The molecular weight excluding hydrogens is 456 g/mol. The van der Waals surface area contributed by atoms with Gasteiger partial charge in [0.15, 0.2) is 5.11 Å². The largest absolute Gasteiger partial charge is 0.379 e. The monoisotopic (exact) mass is 478 g/mol. The smallest absolute Gasteiger partial charge is 0.243 e. The van der Waals surface area contributed by atoms with Gasteiger partial charge in [-0.15, -0.1) is 0 Å². The Morgan fingerprint density at radius 2 is 1.90 bits per heavy atom. The van der Waals surface area contributed by atoms with Crippen LogP contribution in [0.3, 0.4) is 0 Å². The van der Waals surface area contributed by atoms with Gasteiger partial charge in [0, 0.05) is 13.1 Å². The summed E-state index contributed by atoms with van der Waals surface area (Å²) in [6, 6.07) is 14.3. The summed E-state index contributed by atoms with van der Waals surface area (Å²) in [6.45, 7) is 3.31.